The van der Waals surface area contributed by atoms with Crippen LogP contribution in [0.3, 0.4) is 0 Å². The van der Waals surface area contributed by atoms with Crippen LogP contribution in [0.15, 0.2) is 6.20 Å². The lowest BCUT2D eigenvalue weighted by Crippen LogP contribution is -2.22. The summed E-state index contributed by atoms with van der Waals surface area (Å²) in [6, 6.07) is 0. The highest BCUT2D eigenvalue weighted by Crippen LogP contribution is 1.95. The van der Waals surface area contributed by atoms with Gasteiger partial charge in [0.1, 0.15) is 5.69 Å². The van der Waals surface area contributed by atoms with Gasteiger partial charge in [0.25, 0.3) is 0 Å². The van der Waals surface area contributed by atoms with Crippen LogP contribution in [0.1, 0.15) is 12.1 Å². The predicted octanol–water partition coefficient (Wildman–Crippen LogP) is -0.751. The van der Waals surface area contributed by atoms with Gasteiger partial charge in [-0.3, -0.25) is 9.48 Å². The van der Waals surface area contributed by atoms with Crippen molar-refractivity contribution in [3.63, 3.8) is 0 Å². The third-order valence-corrected chi connectivity index (χ3v) is 1.80. The summed E-state index contributed by atoms with van der Waals surface area (Å²) >= 11 is 0. The number of carbonyl (C=O) groups excluding carboxylic acids is 1. The van der Waals surface area contributed by atoms with Crippen molar-refractivity contribution in [2.75, 3.05) is 14.1 Å². The predicted molar refractivity (Wildman–Crippen MR) is 49.3 cm³/mol. The molecular weight excluding hydrogens is 184 g/mol. The number of aliphatic hydroxyl groups is 1. The number of nitrogens with zero attached hydrogens (tertiary/aromatic N) is 4. The Labute approximate surface area is 82.1 Å². The van der Waals surface area contributed by atoms with Crippen molar-refractivity contribution in [2.24, 2.45) is 0 Å². The van der Waals surface area contributed by atoms with E-state index in [1.807, 2.05) is 0 Å². The summed E-state index contributed by atoms with van der Waals surface area (Å²) in [4.78, 5) is 12.7. The summed E-state index contributed by atoms with van der Waals surface area (Å²) in [5, 5.41) is 16.2. The van der Waals surface area contributed by atoms with E-state index in [9.17, 15) is 4.79 Å². The van der Waals surface area contributed by atoms with Crippen LogP contribution in [0.2, 0.25) is 0 Å². The number of hydrogen-bond donors (Lipinski definition) is 1. The first-order valence-electron chi connectivity index (χ1n) is 4.33. The van der Waals surface area contributed by atoms with Crippen LogP contribution >= 0.6 is 0 Å². The van der Waals surface area contributed by atoms with Crippen LogP contribution in [-0.2, 0) is 17.9 Å². The van der Waals surface area contributed by atoms with Gasteiger partial charge in [0.05, 0.1) is 19.3 Å². The quantitative estimate of drug-likeness (QED) is 0.691. The standard InChI is InChI=1S/C8H14N4O2/c1-11(2)8(14)3-4-12-5-7(6-13)9-10-12/h5,13H,3-4,6H2,1-2H3. The summed E-state index contributed by atoms with van der Waals surface area (Å²) < 4.78 is 1.55. The molecule has 0 atom stereocenters. The highest BCUT2D eigenvalue weighted by Gasteiger charge is 2.05. The second-order valence-electron chi connectivity index (χ2n) is 3.17. The van der Waals surface area contributed by atoms with Crippen molar-refractivity contribution in [3.8, 4) is 0 Å². The molecule has 1 N–H and O–H groups in total. The molecule has 0 saturated carbocycles. The van der Waals surface area contributed by atoms with E-state index in [2.05, 4.69) is 10.3 Å². The van der Waals surface area contributed by atoms with Crippen LogP contribution in [0.5, 0.6) is 0 Å². The lowest BCUT2D eigenvalue weighted by atomic mass is 10.4. The minimum absolute atomic E-state index is 0.0473. The summed E-state index contributed by atoms with van der Waals surface area (Å²) in [7, 11) is 3.42. The number of carbonyl (C=O) groups is 1. The molecule has 78 valence electrons. The van der Waals surface area contributed by atoms with Crippen molar-refractivity contribution >= 4 is 5.91 Å². The Morgan fingerprint density at radius 3 is 2.86 bits per heavy atom. The second kappa shape index (κ2) is 4.71. The normalized spacial score (nSPS) is 10.2. The van der Waals surface area contributed by atoms with Gasteiger partial charge in [0.2, 0.25) is 5.91 Å². The van der Waals surface area contributed by atoms with Crippen LogP contribution < -0.4 is 0 Å². The van der Waals surface area contributed by atoms with Gasteiger partial charge < -0.3 is 10.0 Å². The first-order chi connectivity index (χ1) is 6.63. The Balaban J connectivity index is 2.41. The molecule has 0 bridgehead atoms. The first-order valence-corrected chi connectivity index (χ1v) is 4.33. The molecule has 0 fully saturated rings. The molecule has 0 saturated heterocycles. The largest absolute Gasteiger partial charge is 0.390 e. The number of rotatable bonds is 4. The lowest BCUT2D eigenvalue weighted by molar-refractivity contribution is -0.128. The molecule has 6 nitrogen and oxygen atoms in total. The summed E-state index contributed by atoms with van der Waals surface area (Å²) in [6.45, 7) is 0.367. The Hall–Kier alpha value is -1.43. The molecule has 1 heterocycles. The van der Waals surface area contributed by atoms with Crippen LogP contribution in [0, 0.1) is 0 Å². The fraction of sp³-hybridized carbons (Fsp3) is 0.625. The zero-order valence-corrected chi connectivity index (χ0v) is 8.34. The number of amides is 1. The van der Waals surface area contributed by atoms with Gasteiger partial charge >= 0.3 is 0 Å². The topological polar surface area (TPSA) is 71.2 Å². The Kier molecular flexibility index (Phi) is 3.58. The maximum atomic E-state index is 11.2. The van der Waals surface area contributed by atoms with Crippen molar-refractivity contribution in [1.29, 1.82) is 0 Å². The molecule has 6 heteroatoms. The van der Waals surface area contributed by atoms with Gasteiger partial charge in [-0.05, 0) is 0 Å². The number of aryl methyl sites for hydroxylation is 1. The molecule has 0 radical (unpaired) electrons. The van der Waals surface area contributed by atoms with E-state index in [-0.39, 0.29) is 12.5 Å². The molecular formula is C8H14N4O2. The molecule has 1 rings (SSSR count). The summed E-state index contributed by atoms with van der Waals surface area (Å²) in [5.41, 5.74) is 0.516. The van der Waals surface area contributed by atoms with E-state index in [4.69, 9.17) is 5.11 Å². The van der Waals surface area contributed by atoms with Crippen LogP contribution in [-0.4, -0.2) is 45.0 Å². The highest BCUT2D eigenvalue weighted by atomic mass is 16.3. The van der Waals surface area contributed by atoms with Gasteiger partial charge in [-0.15, -0.1) is 5.10 Å². The van der Waals surface area contributed by atoms with Crippen LogP contribution in [0.25, 0.3) is 0 Å². The molecule has 0 unspecified atom stereocenters. The summed E-state index contributed by atoms with van der Waals surface area (Å²) in [5.74, 6) is 0.0473. The summed E-state index contributed by atoms with van der Waals surface area (Å²) in [6.07, 6.45) is 2.02. The monoisotopic (exact) mass is 198 g/mol. The van der Waals surface area contributed by atoms with E-state index in [0.29, 0.717) is 18.7 Å². The number of aromatic nitrogens is 3. The van der Waals surface area contributed by atoms with E-state index in [0.717, 1.165) is 0 Å². The Bertz CT molecular complexity index is 308. The molecule has 1 aromatic heterocycles. The molecule has 0 aliphatic rings. The molecule has 14 heavy (non-hydrogen) atoms. The minimum Gasteiger partial charge on any atom is -0.390 e. The van der Waals surface area contributed by atoms with E-state index in [1.165, 1.54) is 4.90 Å². The van der Waals surface area contributed by atoms with Gasteiger partial charge in [0, 0.05) is 20.5 Å². The third-order valence-electron chi connectivity index (χ3n) is 1.80. The maximum Gasteiger partial charge on any atom is 0.223 e. The highest BCUT2D eigenvalue weighted by molar-refractivity contribution is 5.75. The first kappa shape index (κ1) is 10.6. The van der Waals surface area contributed by atoms with E-state index in [1.54, 1.807) is 25.0 Å². The Morgan fingerprint density at radius 2 is 2.36 bits per heavy atom. The smallest absolute Gasteiger partial charge is 0.223 e. The van der Waals surface area contributed by atoms with Gasteiger partial charge in [-0.25, -0.2) is 0 Å². The van der Waals surface area contributed by atoms with Crippen molar-refractivity contribution < 1.29 is 9.90 Å². The fourth-order valence-corrected chi connectivity index (χ4v) is 0.954. The van der Waals surface area contributed by atoms with Crippen molar-refractivity contribution in [1.82, 2.24) is 19.9 Å². The molecule has 0 spiro atoms. The fourth-order valence-electron chi connectivity index (χ4n) is 0.954. The lowest BCUT2D eigenvalue weighted by Gasteiger charge is -2.09. The van der Waals surface area contributed by atoms with E-state index >= 15 is 0 Å². The van der Waals surface area contributed by atoms with Gasteiger partial charge in [-0.1, -0.05) is 5.21 Å². The maximum absolute atomic E-state index is 11.2. The van der Waals surface area contributed by atoms with Crippen LogP contribution in [0.4, 0.5) is 0 Å². The number of hydrogen-bond acceptors (Lipinski definition) is 4. The Morgan fingerprint density at radius 1 is 1.64 bits per heavy atom. The second-order valence-corrected chi connectivity index (χ2v) is 3.17. The van der Waals surface area contributed by atoms with Gasteiger partial charge in [-0.2, -0.15) is 0 Å². The molecule has 0 aliphatic carbocycles. The average molecular weight is 198 g/mol. The van der Waals surface area contributed by atoms with Crippen molar-refractivity contribution in [2.45, 2.75) is 19.6 Å². The molecule has 1 aromatic rings. The average Bonchev–Trinajstić information content (AvgIpc) is 2.61. The van der Waals surface area contributed by atoms with Crippen molar-refractivity contribution in [3.05, 3.63) is 11.9 Å². The SMILES string of the molecule is CN(C)C(=O)CCn1cc(CO)nn1. The number of aliphatic hydroxyl groups excluding tert-OH is 1. The third kappa shape index (κ3) is 2.81. The molecule has 0 aromatic carbocycles. The zero-order valence-electron chi connectivity index (χ0n) is 8.34. The minimum atomic E-state index is -0.123. The molecule has 0 aliphatic heterocycles. The zero-order chi connectivity index (χ0) is 10.6. The van der Waals surface area contributed by atoms with Gasteiger partial charge in [0.15, 0.2) is 0 Å². The molecule has 1 amide bonds. The van der Waals surface area contributed by atoms with E-state index < -0.39 is 0 Å².